The number of carbonyl (C=O) groups excluding carboxylic acids is 1. The highest BCUT2D eigenvalue weighted by molar-refractivity contribution is 6.06. The van der Waals surface area contributed by atoms with Crippen molar-refractivity contribution in [3.05, 3.63) is 58.8 Å². The Kier molecular flexibility index (Phi) is 5.40. The van der Waals surface area contributed by atoms with E-state index < -0.39 is 0 Å². The number of aromatic hydroxyl groups is 1. The van der Waals surface area contributed by atoms with E-state index >= 15 is 0 Å². The van der Waals surface area contributed by atoms with Gasteiger partial charge in [-0.05, 0) is 69.2 Å². The number of nitrogens with zero attached hydrogens (tertiary/aromatic N) is 1. The van der Waals surface area contributed by atoms with Crippen molar-refractivity contribution in [3.63, 3.8) is 0 Å². The van der Waals surface area contributed by atoms with Gasteiger partial charge in [0.2, 0.25) is 0 Å². The third kappa shape index (κ3) is 3.77. The van der Waals surface area contributed by atoms with Gasteiger partial charge < -0.3 is 19.1 Å². The largest absolute Gasteiger partial charge is 0.508 e. The molecule has 0 aliphatic rings. The van der Waals surface area contributed by atoms with Crippen molar-refractivity contribution in [2.45, 2.75) is 34.2 Å². The molecule has 1 aromatic heterocycles. The molecule has 1 N–H and O–H groups in total. The SMILES string of the molecule is CCOC(=O)c1c(C)n(CCOc2ccc(C)c(C)c2)c2ccc(O)cc12. The molecule has 0 radical (unpaired) electrons. The number of fused-ring (bicyclic) bond motifs is 1. The molecule has 142 valence electrons. The topological polar surface area (TPSA) is 60.7 Å². The van der Waals surface area contributed by atoms with Gasteiger partial charge >= 0.3 is 5.97 Å². The molecule has 27 heavy (non-hydrogen) atoms. The lowest BCUT2D eigenvalue weighted by atomic mass is 10.1. The first-order valence-electron chi connectivity index (χ1n) is 9.11. The van der Waals surface area contributed by atoms with Crippen molar-refractivity contribution in [2.24, 2.45) is 0 Å². The Morgan fingerprint density at radius 1 is 1.07 bits per heavy atom. The van der Waals surface area contributed by atoms with Gasteiger partial charge in [-0.2, -0.15) is 0 Å². The van der Waals surface area contributed by atoms with Crippen LogP contribution in [0.25, 0.3) is 10.9 Å². The van der Waals surface area contributed by atoms with Crippen LogP contribution in [0, 0.1) is 20.8 Å². The number of phenols is 1. The number of ether oxygens (including phenoxy) is 2. The van der Waals surface area contributed by atoms with Gasteiger partial charge in [0.05, 0.1) is 18.7 Å². The number of rotatable bonds is 6. The standard InChI is InChI=1S/C22H25NO4/c1-5-26-22(25)21-16(4)23(20-9-7-17(24)13-19(20)21)10-11-27-18-8-6-14(2)15(3)12-18/h6-9,12-13,24H,5,10-11H2,1-4H3. The third-order valence-electron chi connectivity index (χ3n) is 4.85. The number of esters is 1. The predicted octanol–water partition coefficient (Wildman–Crippen LogP) is 4.53. The van der Waals surface area contributed by atoms with Crippen LogP contribution in [-0.2, 0) is 11.3 Å². The fourth-order valence-corrected chi connectivity index (χ4v) is 3.28. The molecular formula is C22H25NO4. The van der Waals surface area contributed by atoms with Crippen LogP contribution < -0.4 is 4.74 Å². The van der Waals surface area contributed by atoms with Crippen LogP contribution in [0.5, 0.6) is 11.5 Å². The van der Waals surface area contributed by atoms with Crippen LogP contribution in [0.1, 0.15) is 34.1 Å². The molecule has 0 unspecified atom stereocenters. The maximum Gasteiger partial charge on any atom is 0.340 e. The highest BCUT2D eigenvalue weighted by Gasteiger charge is 2.21. The molecule has 3 rings (SSSR count). The highest BCUT2D eigenvalue weighted by Crippen LogP contribution is 2.29. The van der Waals surface area contributed by atoms with Gasteiger partial charge in [0.15, 0.2) is 0 Å². The van der Waals surface area contributed by atoms with E-state index in [4.69, 9.17) is 9.47 Å². The molecule has 0 bridgehead atoms. The summed E-state index contributed by atoms with van der Waals surface area (Å²) >= 11 is 0. The molecule has 0 saturated heterocycles. The number of hydrogen-bond acceptors (Lipinski definition) is 4. The molecule has 0 spiro atoms. The molecular weight excluding hydrogens is 342 g/mol. The molecule has 0 aliphatic carbocycles. The van der Waals surface area contributed by atoms with Crippen molar-refractivity contribution in [1.82, 2.24) is 4.57 Å². The second kappa shape index (κ2) is 7.74. The van der Waals surface area contributed by atoms with E-state index in [1.54, 1.807) is 19.1 Å². The third-order valence-corrected chi connectivity index (χ3v) is 4.85. The van der Waals surface area contributed by atoms with E-state index in [1.165, 1.54) is 11.1 Å². The van der Waals surface area contributed by atoms with Gasteiger partial charge in [0, 0.05) is 16.6 Å². The van der Waals surface area contributed by atoms with Crippen molar-refractivity contribution >= 4 is 16.9 Å². The van der Waals surface area contributed by atoms with E-state index in [9.17, 15) is 9.90 Å². The summed E-state index contributed by atoms with van der Waals surface area (Å²) in [6, 6.07) is 11.1. The molecule has 0 amide bonds. The van der Waals surface area contributed by atoms with Crippen LogP contribution in [0.4, 0.5) is 0 Å². The molecule has 5 heteroatoms. The highest BCUT2D eigenvalue weighted by atomic mass is 16.5. The minimum atomic E-state index is -0.376. The van der Waals surface area contributed by atoms with E-state index in [2.05, 4.69) is 13.8 Å². The molecule has 0 atom stereocenters. The molecule has 5 nitrogen and oxygen atoms in total. The molecule has 2 aromatic carbocycles. The van der Waals surface area contributed by atoms with Gasteiger partial charge in [-0.15, -0.1) is 0 Å². The lowest BCUT2D eigenvalue weighted by molar-refractivity contribution is 0.0527. The Labute approximate surface area is 159 Å². The first-order valence-corrected chi connectivity index (χ1v) is 9.11. The number of aryl methyl sites for hydroxylation is 2. The summed E-state index contributed by atoms with van der Waals surface area (Å²) in [6.07, 6.45) is 0. The number of hydrogen-bond donors (Lipinski definition) is 1. The first-order chi connectivity index (χ1) is 12.9. The second-order valence-corrected chi connectivity index (χ2v) is 6.63. The zero-order chi connectivity index (χ0) is 19.6. The number of phenolic OH excluding ortho intramolecular Hbond substituents is 1. The molecule has 1 heterocycles. The monoisotopic (exact) mass is 367 g/mol. The average molecular weight is 367 g/mol. The minimum absolute atomic E-state index is 0.122. The van der Waals surface area contributed by atoms with Gasteiger partial charge in [0.1, 0.15) is 18.1 Å². The van der Waals surface area contributed by atoms with Crippen LogP contribution in [-0.4, -0.2) is 28.9 Å². The summed E-state index contributed by atoms with van der Waals surface area (Å²) in [5.74, 6) is 0.575. The summed E-state index contributed by atoms with van der Waals surface area (Å²) in [7, 11) is 0. The lowest BCUT2D eigenvalue weighted by Gasteiger charge is -2.11. The van der Waals surface area contributed by atoms with E-state index in [0.717, 1.165) is 17.0 Å². The zero-order valence-corrected chi connectivity index (χ0v) is 16.2. The van der Waals surface area contributed by atoms with Crippen LogP contribution in [0.2, 0.25) is 0 Å². The van der Waals surface area contributed by atoms with Gasteiger partial charge in [0.25, 0.3) is 0 Å². The predicted molar refractivity (Wildman–Crippen MR) is 106 cm³/mol. The summed E-state index contributed by atoms with van der Waals surface area (Å²) in [5, 5.41) is 10.5. The Hall–Kier alpha value is -2.95. The van der Waals surface area contributed by atoms with Crippen molar-refractivity contribution in [3.8, 4) is 11.5 Å². The molecule has 0 saturated carbocycles. The fourth-order valence-electron chi connectivity index (χ4n) is 3.28. The zero-order valence-electron chi connectivity index (χ0n) is 16.2. The summed E-state index contributed by atoms with van der Waals surface area (Å²) in [5.41, 5.74) is 4.59. The Morgan fingerprint density at radius 3 is 2.56 bits per heavy atom. The Bertz CT molecular complexity index is 988. The van der Waals surface area contributed by atoms with Crippen molar-refractivity contribution in [1.29, 1.82) is 0 Å². The summed E-state index contributed by atoms with van der Waals surface area (Å²) in [6.45, 7) is 9.15. The number of carbonyl (C=O) groups is 1. The Balaban J connectivity index is 1.88. The maximum atomic E-state index is 12.4. The van der Waals surface area contributed by atoms with E-state index in [-0.39, 0.29) is 11.7 Å². The number of benzene rings is 2. The van der Waals surface area contributed by atoms with Gasteiger partial charge in [-0.25, -0.2) is 4.79 Å². The smallest absolute Gasteiger partial charge is 0.340 e. The normalized spacial score (nSPS) is 11.0. The van der Waals surface area contributed by atoms with Crippen LogP contribution in [0.3, 0.4) is 0 Å². The van der Waals surface area contributed by atoms with Crippen LogP contribution >= 0.6 is 0 Å². The van der Waals surface area contributed by atoms with E-state index in [0.29, 0.717) is 30.7 Å². The quantitative estimate of drug-likeness (QED) is 0.651. The molecule has 3 aromatic rings. The molecule has 0 aliphatic heterocycles. The molecule has 0 fully saturated rings. The Morgan fingerprint density at radius 2 is 1.85 bits per heavy atom. The summed E-state index contributed by atoms with van der Waals surface area (Å²) in [4.78, 5) is 12.4. The lowest BCUT2D eigenvalue weighted by Crippen LogP contribution is -2.11. The average Bonchev–Trinajstić information content (AvgIpc) is 2.89. The van der Waals surface area contributed by atoms with Crippen LogP contribution in [0.15, 0.2) is 36.4 Å². The van der Waals surface area contributed by atoms with Crippen molar-refractivity contribution < 1.29 is 19.4 Å². The van der Waals surface area contributed by atoms with E-state index in [1.807, 2.05) is 35.8 Å². The second-order valence-electron chi connectivity index (χ2n) is 6.63. The van der Waals surface area contributed by atoms with Gasteiger partial charge in [-0.3, -0.25) is 0 Å². The fraction of sp³-hybridized carbons (Fsp3) is 0.318. The van der Waals surface area contributed by atoms with Gasteiger partial charge in [-0.1, -0.05) is 6.07 Å². The maximum absolute atomic E-state index is 12.4. The van der Waals surface area contributed by atoms with Crippen molar-refractivity contribution in [2.75, 3.05) is 13.2 Å². The summed E-state index contributed by atoms with van der Waals surface area (Å²) < 4.78 is 13.1. The number of aromatic nitrogens is 1. The first kappa shape index (κ1) is 18.8. The minimum Gasteiger partial charge on any atom is -0.508 e.